The van der Waals surface area contributed by atoms with Crippen molar-refractivity contribution in [2.75, 3.05) is 5.32 Å². The van der Waals surface area contributed by atoms with E-state index >= 15 is 0 Å². The van der Waals surface area contributed by atoms with E-state index in [-0.39, 0.29) is 11.9 Å². The number of para-hydroxylation sites is 1. The number of nitrogens with zero attached hydrogens (tertiary/aromatic N) is 1. The zero-order valence-electron chi connectivity index (χ0n) is 13.3. The summed E-state index contributed by atoms with van der Waals surface area (Å²) < 4.78 is 6.61. The maximum atomic E-state index is 13.0. The fourth-order valence-corrected chi connectivity index (χ4v) is 4.73. The first-order valence-corrected chi connectivity index (χ1v) is 8.52. The Hall–Kier alpha value is -1.95. The van der Waals surface area contributed by atoms with Gasteiger partial charge in [0, 0.05) is 5.41 Å². The van der Waals surface area contributed by atoms with Gasteiger partial charge in [-0.3, -0.25) is 14.9 Å². The normalized spacial score (nSPS) is 31.3. The molecule has 0 unspecified atom stereocenters. The number of carbonyl (C=O) groups is 2. The predicted octanol–water partition coefficient (Wildman–Crippen LogP) is 3.36. The van der Waals surface area contributed by atoms with E-state index in [0.717, 1.165) is 10.2 Å². The number of benzene rings is 1. The minimum atomic E-state index is -1.10. The van der Waals surface area contributed by atoms with Crippen LogP contribution in [0.1, 0.15) is 33.6 Å². The molecule has 1 N–H and O–H groups in total. The molecule has 2 heterocycles. The van der Waals surface area contributed by atoms with Gasteiger partial charge in [0.1, 0.15) is 0 Å². The van der Waals surface area contributed by atoms with Crippen molar-refractivity contribution in [1.82, 2.24) is 4.98 Å². The van der Waals surface area contributed by atoms with Crippen LogP contribution in [0.15, 0.2) is 24.3 Å². The molecule has 1 saturated heterocycles. The molecule has 5 nitrogen and oxygen atoms in total. The van der Waals surface area contributed by atoms with Crippen molar-refractivity contribution >= 4 is 38.6 Å². The molecule has 6 heteroatoms. The third-order valence-electron chi connectivity index (χ3n) is 5.96. The highest BCUT2D eigenvalue weighted by Gasteiger charge is 2.75. The van der Waals surface area contributed by atoms with Crippen molar-refractivity contribution in [1.29, 1.82) is 0 Å². The monoisotopic (exact) mass is 330 g/mol. The number of aromatic nitrogens is 1. The molecular weight excluding hydrogens is 312 g/mol. The number of nitrogens with one attached hydrogen (secondary N) is 1. The lowest BCUT2D eigenvalue weighted by Gasteiger charge is -2.35. The third kappa shape index (κ3) is 1.64. The number of thiazole rings is 1. The molecule has 2 atom stereocenters. The number of fused-ring (bicyclic) bond motifs is 3. The molecule has 23 heavy (non-hydrogen) atoms. The molecule has 2 aliphatic rings. The summed E-state index contributed by atoms with van der Waals surface area (Å²) in [6.45, 7) is 5.79. The van der Waals surface area contributed by atoms with Crippen molar-refractivity contribution in [3.05, 3.63) is 24.3 Å². The zero-order valence-corrected chi connectivity index (χ0v) is 14.1. The smallest absolute Gasteiger partial charge is 0.313 e. The molecule has 1 aromatic carbocycles. The Morgan fingerprint density at radius 1 is 1.26 bits per heavy atom. The van der Waals surface area contributed by atoms with Crippen molar-refractivity contribution in [3.8, 4) is 0 Å². The fraction of sp³-hybridized carbons (Fsp3) is 0.471. The molecule has 1 aliphatic heterocycles. The summed E-state index contributed by atoms with van der Waals surface area (Å²) >= 11 is 1.42. The molecule has 2 aromatic rings. The van der Waals surface area contributed by atoms with Gasteiger partial charge < -0.3 is 4.74 Å². The van der Waals surface area contributed by atoms with E-state index in [1.165, 1.54) is 11.3 Å². The maximum absolute atomic E-state index is 13.0. The number of carbonyl (C=O) groups excluding carboxylic acids is 2. The van der Waals surface area contributed by atoms with Crippen LogP contribution >= 0.6 is 11.3 Å². The van der Waals surface area contributed by atoms with Crippen molar-refractivity contribution in [3.63, 3.8) is 0 Å². The van der Waals surface area contributed by atoms with Crippen LogP contribution in [0.5, 0.6) is 0 Å². The van der Waals surface area contributed by atoms with Gasteiger partial charge in [0.05, 0.1) is 15.6 Å². The average Bonchev–Trinajstić information content (AvgIpc) is 3.04. The average molecular weight is 330 g/mol. The minimum absolute atomic E-state index is 0.267. The van der Waals surface area contributed by atoms with E-state index < -0.39 is 16.4 Å². The lowest BCUT2D eigenvalue weighted by molar-refractivity contribution is -0.165. The number of hydrogen-bond donors (Lipinski definition) is 1. The molecule has 1 aliphatic carbocycles. The quantitative estimate of drug-likeness (QED) is 0.857. The number of esters is 1. The standard InChI is InChI=1S/C17H18N2O3S/c1-15(2)16(3)8-9-17(15,22-13(16)21)12(20)19-14-18-10-6-4-5-7-11(10)23-14/h4-7H,8-9H2,1-3H3,(H,18,19,20)/t16-,17-/m0/s1. The molecule has 1 saturated carbocycles. The third-order valence-corrected chi connectivity index (χ3v) is 6.92. The minimum Gasteiger partial charge on any atom is -0.448 e. The molecule has 1 aromatic heterocycles. The van der Waals surface area contributed by atoms with Gasteiger partial charge in [-0.15, -0.1) is 0 Å². The highest BCUT2D eigenvalue weighted by atomic mass is 32.1. The first kappa shape index (κ1) is 14.6. The summed E-state index contributed by atoms with van der Waals surface area (Å²) in [6, 6.07) is 7.73. The summed E-state index contributed by atoms with van der Waals surface area (Å²) in [6.07, 6.45) is 1.23. The van der Waals surface area contributed by atoms with Crippen LogP contribution in [0.2, 0.25) is 0 Å². The van der Waals surface area contributed by atoms with Crippen LogP contribution in [-0.4, -0.2) is 22.5 Å². The number of hydrogen-bond acceptors (Lipinski definition) is 5. The van der Waals surface area contributed by atoms with Gasteiger partial charge >= 0.3 is 5.97 Å². The second-order valence-electron chi connectivity index (χ2n) is 7.11. The fourth-order valence-electron chi connectivity index (χ4n) is 3.87. The van der Waals surface area contributed by atoms with Gasteiger partial charge in [-0.2, -0.15) is 0 Å². The Balaban J connectivity index is 1.68. The summed E-state index contributed by atoms with van der Waals surface area (Å²) in [5.74, 6) is -0.538. The van der Waals surface area contributed by atoms with Crippen LogP contribution in [0, 0.1) is 10.8 Å². The largest absolute Gasteiger partial charge is 0.448 e. The van der Waals surface area contributed by atoms with Crippen LogP contribution in [0.25, 0.3) is 10.2 Å². The topological polar surface area (TPSA) is 68.3 Å². The van der Waals surface area contributed by atoms with Gasteiger partial charge in [-0.1, -0.05) is 37.3 Å². The summed E-state index contributed by atoms with van der Waals surface area (Å²) in [5.41, 5.74) is -1.39. The van der Waals surface area contributed by atoms with E-state index in [1.807, 2.05) is 45.0 Å². The Bertz CT molecular complexity index is 810. The van der Waals surface area contributed by atoms with Crippen LogP contribution in [0.4, 0.5) is 5.13 Å². The molecule has 1 amide bonds. The molecule has 2 fully saturated rings. The Labute approximate surface area is 138 Å². The lowest BCUT2D eigenvalue weighted by Crippen LogP contribution is -2.50. The molecule has 120 valence electrons. The summed E-state index contributed by atoms with van der Waals surface area (Å²) in [4.78, 5) is 29.6. The molecule has 0 radical (unpaired) electrons. The lowest BCUT2D eigenvalue weighted by atomic mass is 9.66. The Kier molecular flexibility index (Phi) is 2.75. The van der Waals surface area contributed by atoms with Crippen LogP contribution in [0.3, 0.4) is 0 Å². The maximum Gasteiger partial charge on any atom is 0.313 e. The Morgan fingerprint density at radius 3 is 2.61 bits per heavy atom. The number of ether oxygens (including phenoxy) is 1. The second kappa shape index (κ2) is 4.32. The van der Waals surface area contributed by atoms with Gasteiger partial charge in [0.25, 0.3) is 5.91 Å². The molecule has 0 spiro atoms. The highest BCUT2D eigenvalue weighted by Crippen LogP contribution is 2.65. The van der Waals surface area contributed by atoms with Gasteiger partial charge in [0.15, 0.2) is 10.7 Å². The number of amides is 1. The van der Waals surface area contributed by atoms with Gasteiger partial charge in [-0.25, -0.2) is 4.98 Å². The van der Waals surface area contributed by atoms with Gasteiger partial charge in [0.2, 0.25) is 0 Å². The molecular formula is C17H18N2O3S. The number of rotatable bonds is 2. The highest BCUT2D eigenvalue weighted by molar-refractivity contribution is 7.22. The van der Waals surface area contributed by atoms with Crippen LogP contribution in [-0.2, 0) is 14.3 Å². The van der Waals surface area contributed by atoms with E-state index in [2.05, 4.69) is 10.3 Å². The van der Waals surface area contributed by atoms with E-state index in [9.17, 15) is 9.59 Å². The van der Waals surface area contributed by atoms with Crippen molar-refractivity contribution in [2.24, 2.45) is 10.8 Å². The predicted molar refractivity (Wildman–Crippen MR) is 88.2 cm³/mol. The first-order valence-electron chi connectivity index (χ1n) is 7.71. The first-order chi connectivity index (χ1) is 10.8. The van der Waals surface area contributed by atoms with Crippen molar-refractivity contribution < 1.29 is 14.3 Å². The van der Waals surface area contributed by atoms with Crippen LogP contribution < -0.4 is 5.32 Å². The van der Waals surface area contributed by atoms with E-state index in [4.69, 9.17) is 4.74 Å². The molecule has 4 rings (SSSR count). The zero-order chi connectivity index (χ0) is 16.5. The van der Waals surface area contributed by atoms with Gasteiger partial charge in [-0.05, 0) is 31.9 Å². The SMILES string of the molecule is CC1(C)[C@@]2(C)CC[C@@]1(C(=O)Nc1nc3ccccc3s1)OC2=O. The summed E-state index contributed by atoms with van der Waals surface area (Å²) in [7, 11) is 0. The number of anilines is 1. The van der Waals surface area contributed by atoms with E-state index in [1.54, 1.807) is 0 Å². The van der Waals surface area contributed by atoms with Crippen molar-refractivity contribution in [2.45, 2.75) is 39.2 Å². The second-order valence-corrected chi connectivity index (χ2v) is 8.15. The van der Waals surface area contributed by atoms with E-state index in [0.29, 0.717) is 18.0 Å². The summed E-state index contributed by atoms with van der Waals surface area (Å²) in [5, 5.41) is 3.42. The molecule has 2 bridgehead atoms. The Morgan fingerprint density at radius 2 is 2.00 bits per heavy atom.